The Morgan fingerprint density at radius 3 is 2.38 bits per heavy atom. The number of methoxy groups -OCH3 is 2. The van der Waals surface area contributed by atoms with E-state index in [0.29, 0.717) is 17.2 Å². The van der Waals surface area contributed by atoms with Crippen LogP contribution in [-0.4, -0.2) is 46.9 Å². The molecule has 0 aliphatic heterocycles. The summed E-state index contributed by atoms with van der Waals surface area (Å²) < 4.78 is 40.4. The third-order valence-electron chi connectivity index (χ3n) is 4.70. The van der Waals surface area contributed by atoms with Gasteiger partial charge in [-0.1, -0.05) is 30.3 Å². The minimum Gasteiger partial charge on any atom is -0.497 e. The van der Waals surface area contributed by atoms with Gasteiger partial charge in [0.05, 0.1) is 37.0 Å². The zero-order valence-electron chi connectivity index (χ0n) is 17.7. The molecule has 32 heavy (non-hydrogen) atoms. The van der Waals surface area contributed by atoms with Gasteiger partial charge < -0.3 is 19.5 Å². The second-order valence-corrected chi connectivity index (χ2v) is 8.96. The first-order valence-electron chi connectivity index (χ1n) is 9.71. The highest BCUT2D eigenvalue weighted by molar-refractivity contribution is 7.91. The molecule has 0 radical (unpaired) electrons. The highest BCUT2D eigenvalue weighted by Gasteiger charge is 2.18. The summed E-state index contributed by atoms with van der Waals surface area (Å²) in [5.74, 6) is -0.886. The number of hydrogen-bond donors (Lipinski definition) is 1. The Kier molecular flexibility index (Phi) is 7.32. The van der Waals surface area contributed by atoms with E-state index >= 15 is 0 Å². The molecule has 0 aliphatic rings. The number of amides is 1. The van der Waals surface area contributed by atoms with Gasteiger partial charge in [0, 0.05) is 6.07 Å². The Bertz CT molecular complexity index is 1240. The predicted octanol–water partition coefficient (Wildman–Crippen LogP) is 3.20. The molecule has 0 aromatic heterocycles. The van der Waals surface area contributed by atoms with E-state index in [9.17, 15) is 18.0 Å². The van der Waals surface area contributed by atoms with E-state index in [1.54, 1.807) is 30.3 Å². The average Bonchev–Trinajstić information content (AvgIpc) is 2.81. The fourth-order valence-corrected chi connectivity index (χ4v) is 4.27. The molecule has 3 aromatic carbocycles. The maximum atomic E-state index is 12.6. The van der Waals surface area contributed by atoms with Crippen molar-refractivity contribution in [3.05, 3.63) is 60.7 Å². The van der Waals surface area contributed by atoms with Gasteiger partial charge in [0.15, 0.2) is 16.4 Å². The van der Waals surface area contributed by atoms with E-state index in [0.717, 1.165) is 10.8 Å². The number of ether oxygens (including phenoxy) is 3. The molecule has 0 aliphatic carbocycles. The molecule has 8 nitrogen and oxygen atoms in total. The van der Waals surface area contributed by atoms with Crippen molar-refractivity contribution in [3.63, 3.8) is 0 Å². The van der Waals surface area contributed by atoms with E-state index in [2.05, 4.69) is 5.32 Å². The van der Waals surface area contributed by atoms with Crippen molar-refractivity contribution in [2.24, 2.45) is 0 Å². The summed E-state index contributed by atoms with van der Waals surface area (Å²) in [7, 11) is -0.743. The second kappa shape index (κ2) is 10.1. The Hall–Kier alpha value is -3.59. The molecule has 0 saturated heterocycles. The number of carbonyl (C=O) groups is 2. The minimum absolute atomic E-state index is 0.131. The molecule has 0 spiro atoms. The quantitative estimate of drug-likeness (QED) is 0.492. The summed E-state index contributed by atoms with van der Waals surface area (Å²) in [4.78, 5) is 24.3. The number of benzene rings is 3. The van der Waals surface area contributed by atoms with Crippen LogP contribution in [0.4, 0.5) is 5.69 Å². The van der Waals surface area contributed by atoms with Crippen molar-refractivity contribution in [3.8, 4) is 11.5 Å². The van der Waals surface area contributed by atoms with Gasteiger partial charge in [-0.2, -0.15) is 0 Å². The first-order chi connectivity index (χ1) is 15.3. The largest absolute Gasteiger partial charge is 0.497 e. The highest BCUT2D eigenvalue weighted by Crippen LogP contribution is 2.28. The van der Waals surface area contributed by atoms with E-state index in [1.807, 2.05) is 24.3 Å². The summed E-state index contributed by atoms with van der Waals surface area (Å²) in [5, 5.41) is 4.28. The lowest BCUT2D eigenvalue weighted by atomic mass is 10.1. The maximum Gasteiger partial charge on any atom is 0.307 e. The SMILES string of the molecule is COc1ccc(OC)c(NC(=O)COC(=O)CCS(=O)(=O)c2ccc3ccccc3c2)c1. The summed E-state index contributed by atoms with van der Waals surface area (Å²) in [6.07, 6.45) is -0.370. The monoisotopic (exact) mass is 457 g/mol. The summed E-state index contributed by atoms with van der Waals surface area (Å²) in [5.41, 5.74) is 0.354. The van der Waals surface area contributed by atoms with Gasteiger partial charge in [-0.25, -0.2) is 8.42 Å². The van der Waals surface area contributed by atoms with Crippen LogP contribution in [0.5, 0.6) is 11.5 Å². The smallest absolute Gasteiger partial charge is 0.307 e. The van der Waals surface area contributed by atoms with Crippen LogP contribution in [0, 0.1) is 0 Å². The predicted molar refractivity (Wildman–Crippen MR) is 120 cm³/mol. The molecule has 9 heteroatoms. The molecule has 1 N–H and O–H groups in total. The fourth-order valence-electron chi connectivity index (χ4n) is 3.01. The van der Waals surface area contributed by atoms with E-state index in [-0.39, 0.29) is 11.3 Å². The molecule has 0 heterocycles. The molecule has 0 fully saturated rings. The first kappa shape index (κ1) is 23.1. The van der Waals surface area contributed by atoms with Crippen LogP contribution in [-0.2, 0) is 24.2 Å². The summed E-state index contributed by atoms with van der Waals surface area (Å²) >= 11 is 0. The molecule has 3 aromatic rings. The van der Waals surface area contributed by atoms with Crippen molar-refractivity contribution in [2.75, 3.05) is 31.9 Å². The maximum absolute atomic E-state index is 12.6. The van der Waals surface area contributed by atoms with Gasteiger partial charge in [0.25, 0.3) is 5.91 Å². The first-order valence-corrected chi connectivity index (χ1v) is 11.4. The van der Waals surface area contributed by atoms with Crippen molar-refractivity contribution < 1.29 is 32.2 Å². The molecule has 0 unspecified atom stereocenters. The molecule has 0 atom stereocenters. The number of carbonyl (C=O) groups excluding carboxylic acids is 2. The Morgan fingerprint density at radius 2 is 1.66 bits per heavy atom. The Morgan fingerprint density at radius 1 is 0.906 bits per heavy atom. The molecular formula is C23H23NO7S. The van der Waals surface area contributed by atoms with E-state index in [4.69, 9.17) is 14.2 Å². The van der Waals surface area contributed by atoms with Gasteiger partial charge in [-0.15, -0.1) is 0 Å². The zero-order chi connectivity index (χ0) is 23.1. The summed E-state index contributed by atoms with van der Waals surface area (Å²) in [6, 6.07) is 17.1. The number of fused-ring (bicyclic) bond motifs is 1. The summed E-state index contributed by atoms with van der Waals surface area (Å²) in [6.45, 7) is -0.560. The number of esters is 1. The molecule has 168 valence electrons. The normalized spacial score (nSPS) is 11.1. The number of anilines is 1. The van der Waals surface area contributed by atoms with Crippen LogP contribution >= 0.6 is 0 Å². The zero-order valence-corrected chi connectivity index (χ0v) is 18.5. The van der Waals surface area contributed by atoms with E-state index in [1.165, 1.54) is 20.3 Å². The molecule has 3 rings (SSSR count). The second-order valence-electron chi connectivity index (χ2n) is 6.85. The van der Waals surface area contributed by atoms with Crippen LogP contribution in [0.3, 0.4) is 0 Å². The van der Waals surface area contributed by atoms with Gasteiger partial charge in [-0.05, 0) is 35.0 Å². The molecule has 0 saturated carbocycles. The van der Waals surface area contributed by atoms with Crippen molar-refractivity contribution in [1.29, 1.82) is 0 Å². The van der Waals surface area contributed by atoms with Crippen molar-refractivity contribution in [1.82, 2.24) is 0 Å². The van der Waals surface area contributed by atoms with Crippen molar-refractivity contribution in [2.45, 2.75) is 11.3 Å². The fraction of sp³-hybridized carbons (Fsp3) is 0.217. The van der Waals surface area contributed by atoms with Crippen LogP contribution in [0.1, 0.15) is 6.42 Å². The van der Waals surface area contributed by atoms with Crippen LogP contribution in [0.15, 0.2) is 65.6 Å². The number of rotatable bonds is 9. The van der Waals surface area contributed by atoms with Crippen molar-refractivity contribution >= 4 is 38.2 Å². The highest BCUT2D eigenvalue weighted by atomic mass is 32.2. The Balaban J connectivity index is 1.53. The van der Waals surface area contributed by atoms with Crippen LogP contribution in [0.25, 0.3) is 10.8 Å². The van der Waals surface area contributed by atoms with Gasteiger partial charge >= 0.3 is 5.97 Å². The molecular weight excluding hydrogens is 434 g/mol. The Labute approximate surface area is 186 Å². The lowest BCUT2D eigenvalue weighted by Crippen LogP contribution is -2.22. The molecule has 0 bridgehead atoms. The van der Waals surface area contributed by atoms with Crippen LogP contribution < -0.4 is 14.8 Å². The third kappa shape index (κ3) is 5.76. The lowest BCUT2D eigenvalue weighted by Gasteiger charge is -2.12. The lowest BCUT2D eigenvalue weighted by molar-refractivity contribution is -0.146. The number of nitrogens with one attached hydrogen (secondary N) is 1. The van der Waals surface area contributed by atoms with E-state index < -0.39 is 34.1 Å². The minimum atomic E-state index is -3.68. The number of sulfone groups is 1. The van der Waals surface area contributed by atoms with Crippen LogP contribution in [0.2, 0.25) is 0 Å². The topological polar surface area (TPSA) is 108 Å². The van der Waals surface area contributed by atoms with Gasteiger partial charge in [0.2, 0.25) is 0 Å². The third-order valence-corrected chi connectivity index (χ3v) is 6.41. The van der Waals surface area contributed by atoms with Gasteiger partial charge in [-0.3, -0.25) is 9.59 Å². The standard InChI is InChI=1S/C23H23NO7S/c1-29-18-8-10-21(30-2)20(14-18)24-22(25)15-31-23(26)11-12-32(27,28)19-9-7-16-5-3-4-6-17(16)13-19/h3-10,13-14H,11-12,15H2,1-2H3,(H,24,25). The number of hydrogen-bond acceptors (Lipinski definition) is 7. The van der Waals surface area contributed by atoms with Gasteiger partial charge in [0.1, 0.15) is 11.5 Å². The molecule has 1 amide bonds. The average molecular weight is 458 g/mol.